The van der Waals surface area contributed by atoms with Gasteiger partial charge < -0.3 is 4.90 Å². The van der Waals surface area contributed by atoms with Gasteiger partial charge in [0.15, 0.2) is 0 Å². The van der Waals surface area contributed by atoms with Crippen LogP contribution in [-0.2, 0) is 4.79 Å². The minimum absolute atomic E-state index is 0.127. The molecule has 2 rings (SSSR count). The van der Waals surface area contributed by atoms with Crippen molar-refractivity contribution < 1.29 is 4.79 Å². The minimum atomic E-state index is -0.127. The first-order chi connectivity index (χ1) is 9.90. The van der Waals surface area contributed by atoms with E-state index in [1.54, 1.807) is 0 Å². The predicted molar refractivity (Wildman–Crippen MR) is 87.5 cm³/mol. The molecule has 116 valence electrons. The van der Waals surface area contributed by atoms with Crippen LogP contribution in [0.3, 0.4) is 0 Å². The number of carbonyl (C=O) groups excluding carboxylic acids is 1. The summed E-state index contributed by atoms with van der Waals surface area (Å²) >= 11 is 0. The molecule has 0 spiro atoms. The monoisotopic (exact) mass is 288 g/mol. The summed E-state index contributed by atoms with van der Waals surface area (Å²) in [6.07, 6.45) is 2.29. The van der Waals surface area contributed by atoms with Crippen molar-refractivity contribution in [3.8, 4) is 0 Å². The van der Waals surface area contributed by atoms with E-state index < -0.39 is 0 Å². The fourth-order valence-corrected chi connectivity index (χ4v) is 3.62. The molecule has 1 fully saturated rings. The number of hydrogen-bond acceptors (Lipinski definition) is 2. The third-order valence-electron chi connectivity index (χ3n) is 4.46. The van der Waals surface area contributed by atoms with Crippen molar-refractivity contribution in [2.45, 2.75) is 59.5 Å². The number of amides is 1. The summed E-state index contributed by atoms with van der Waals surface area (Å²) in [4.78, 5) is 14.4. The Morgan fingerprint density at radius 2 is 1.62 bits per heavy atom. The molecule has 1 aliphatic heterocycles. The van der Waals surface area contributed by atoms with E-state index in [4.69, 9.17) is 0 Å². The summed E-state index contributed by atoms with van der Waals surface area (Å²) in [5.74, 6) is 0.238. The highest BCUT2D eigenvalue weighted by Gasteiger charge is 2.25. The van der Waals surface area contributed by atoms with Gasteiger partial charge in [-0.15, -0.1) is 0 Å². The number of rotatable bonds is 4. The van der Waals surface area contributed by atoms with Crippen LogP contribution in [0.5, 0.6) is 0 Å². The zero-order valence-electron chi connectivity index (χ0n) is 14.0. The number of nitrogens with one attached hydrogen (secondary N) is 1. The van der Waals surface area contributed by atoms with E-state index in [2.05, 4.69) is 45.1 Å². The predicted octanol–water partition coefficient (Wildman–Crippen LogP) is 3.27. The van der Waals surface area contributed by atoms with Gasteiger partial charge in [-0.2, -0.15) is 0 Å². The highest BCUT2D eigenvalue weighted by atomic mass is 16.2. The van der Waals surface area contributed by atoms with Crippen LogP contribution >= 0.6 is 0 Å². The van der Waals surface area contributed by atoms with Gasteiger partial charge in [-0.05, 0) is 64.2 Å². The van der Waals surface area contributed by atoms with E-state index >= 15 is 0 Å². The Balaban J connectivity index is 2.07. The Labute approximate surface area is 128 Å². The molecular weight excluding hydrogens is 260 g/mol. The molecule has 1 heterocycles. The first-order valence-electron chi connectivity index (χ1n) is 8.02. The lowest BCUT2D eigenvalue weighted by molar-refractivity contribution is -0.132. The highest BCUT2D eigenvalue weighted by Crippen LogP contribution is 2.24. The Bertz CT molecular complexity index is 495. The van der Waals surface area contributed by atoms with Crippen LogP contribution in [0.1, 0.15) is 55.0 Å². The second-order valence-electron chi connectivity index (χ2n) is 6.45. The van der Waals surface area contributed by atoms with E-state index in [1.165, 1.54) is 22.3 Å². The van der Waals surface area contributed by atoms with Crippen LogP contribution in [0.4, 0.5) is 0 Å². The Morgan fingerprint density at radius 3 is 2.14 bits per heavy atom. The SMILES string of the molecule is Cc1cc(C)c(C(C)NC(C)C(=O)N2CCCC2)c(C)c1. The van der Waals surface area contributed by atoms with Gasteiger partial charge in [0.1, 0.15) is 0 Å². The average molecular weight is 288 g/mol. The topological polar surface area (TPSA) is 32.3 Å². The van der Waals surface area contributed by atoms with Crippen molar-refractivity contribution in [1.82, 2.24) is 10.2 Å². The first-order valence-corrected chi connectivity index (χ1v) is 8.02. The maximum atomic E-state index is 12.4. The van der Waals surface area contributed by atoms with E-state index in [9.17, 15) is 4.79 Å². The largest absolute Gasteiger partial charge is 0.341 e. The summed E-state index contributed by atoms with van der Waals surface area (Å²) in [5, 5.41) is 3.48. The molecule has 21 heavy (non-hydrogen) atoms. The van der Waals surface area contributed by atoms with Crippen LogP contribution in [0, 0.1) is 20.8 Å². The molecule has 2 unspecified atom stereocenters. The lowest BCUT2D eigenvalue weighted by atomic mass is 9.94. The van der Waals surface area contributed by atoms with Crippen molar-refractivity contribution in [3.63, 3.8) is 0 Å². The molecule has 0 radical (unpaired) electrons. The number of likely N-dealkylation sites (tertiary alicyclic amines) is 1. The zero-order valence-corrected chi connectivity index (χ0v) is 14.0. The van der Waals surface area contributed by atoms with E-state index in [-0.39, 0.29) is 18.0 Å². The van der Waals surface area contributed by atoms with Gasteiger partial charge in [0.2, 0.25) is 5.91 Å². The molecule has 1 aromatic carbocycles. The first kappa shape index (κ1) is 16.0. The van der Waals surface area contributed by atoms with Gasteiger partial charge >= 0.3 is 0 Å². The summed E-state index contributed by atoms with van der Waals surface area (Å²) < 4.78 is 0. The number of carbonyl (C=O) groups is 1. The van der Waals surface area contributed by atoms with Gasteiger partial charge in [-0.3, -0.25) is 10.1 Å². The van der Waals surface area contributed by atoms with Crippen molar-refractivity contribution in [1.29, 1.82) is 0 Å². The van der Waals surface area contributed by atoms with Crippen LogP contribution in [0.2, 0.25) is 0 Å². The Hall–Kier alpha value is -1.35. The van der Waals surface area contributed by atoms with Crippen LogP contribution in [0.15, 0.2) is 12.1 Å². The smallest absolute Gasteiger partial charge is 0.239 e. The molecule has 1 aromatic rings. The average Bonchev–Trinajstić information content (AvgIpc) is 2.89. The highest BCUT2D eigenvalue weighted by molar-refractivity contribution is 5.81. The molecule has 0 bridgehead atoms. The van der Waals surface area contributed by atoms with Crippen LogP contribution in [-0.4, -0.2) is 29.9 Å². The normalized spacial score (nSPS) is 17.9. The molecule has 1 N–H and O–H groups in total. The fourth-order valence-electron chi connectivity index (χ4n) is 3.62. The zero-order chi connectivity index (χ0) is 15.6. The maximum Gasteiger partial charge on any atom is 0.239 e. The van der Waals surface area contributed by atoms with Crippen molar-refractivity contribution >= 4 is 5.91 Å². The molecule has 1 aliphatic rings. The molecule has 0 aliphatic carbocycles. The van der Waals surface area contributed by atoms with Gasteiger partial charge in [0.05, 0.1) is 6.04 Å². The molecular formula is C18H28N2O. The molecule has 3 heteroatoms. The molecule has 1 saturated heterocycles. The fraction of sp³-hybridized carbons (Fsp3) is 0.611. The second kappa shape index (κ2) is 6.61. The summed E-state index contributed by atoms with van der Waals surface area (Å²) in [7, 11) is 0. The van der Waals surface area contributed by atoms with E-state index in [0.29, 0.717) is 0 Å². The van der Waals surface area contributed by atoms with Crippen molar-refractivity contribution in [2.75, 3.05) is 13.1 Å². The summed E-state index contributed by atoms with van der Waals surface area (Å²) in [5.41, 5.74) is 5.21. The molecule has 0 aromatic heterocycles. The Kier molecular flexibility index (Phi) is 5.04. The van der Waals surface area contributed by atoms with Crippen LogP contribution in [0.25, 0.3) is 0 Å². The minimum Gasteiger partial charge on any atom is -0.341 e. The lowest BCUT2D eigenvalue weighted by Gasteiger charge is -2.26. The van der Waals surface area contributed by atoms with Crippen molar-refractivity contribution in [2.24, 2.45) is 0 Å². The summed E-state index contributed by atoms with van der Waals surface area (Å²) in [6.45, 7) is 12.4. The van der Waals surface area contributed by atoms with Gasteiger partial charge in [-0.25, -0.2) is 0 Å². The standard InChI is InChI=1S/C18H28N2O/c1-12-10-13(2)17(14(3)11-12)15(4)19-16(5)18(21)20-8-6-7-9-20/h10-11,15-16,19H,6-9H2,1-5H3. The van der Waals surface area contributed by atoms with E-state index in [1.807, 2.05) is 11.8 Å². The molecule has 0 saturated carbocycles. The molecule has 3 nitrogen and oxygen atoms in total. The van der Waals surface area contributed by atoms with Gasteiger partial charge in [0.25, 0.3) is 0 Å². The third kappa shape index (κ3) is 3.65. The number of hydrogen-bond donors (Lipinski definition) is 1. The van der Waals surface area contributed by atoms with Gasteiger partial charge in [0, 0.05) is 19.1 Å². The lowest BCUT2D eigenvalue weighted by Crippen LogP contribution is -2.44. The Morgan fingerprint density at radius 1 is 1.10 bits per heavy atom. The van der Waals surface area contributed by atoms with E-state index in [0.717, 1.165) is 25.9 Å². The number of nitrogens with zero attached hydrogens (tertiary/aromatic N) is 1. The number of aryl methyl sites for hydroxylation is 3. The summed E-state index contributed by atoms with van der Waals surface area (Å²) in [6, 6.07) is 4.49. The third-order valence-corrected chi connectivity index (χ3v) is 4.46. The quantitative estimate of drug-likeness (QED) is 0.922. The number of benzene rings is 1. The van der Waals surface area contributed by atoms with Crippen molar-refractivity contribution in [3.05, 3.63) is 34.4 Å². The van der Waals surface area contributed by atoms with Crippen LogP contribution < -0.4 is 5.32 Å². The molecule has 1 amide bonds. The van der Waals surface area contributed by atoms with Gasteiger partial charge in [-0.1, -0.05) is 17.7 Å². The molecule has 2 atom stereocenters. The maximum absolute atomic E-state index is 12.4. The second-order valence-corrected chi connectivity index (χ2v) is 6.45.